The van der Waals surface area contributed by atoms with E-state index in [0.29, 0.717) is 18.0 Å². The summed E-state index contributed by atoms with van der Waals surface area (Å²) < 4.78 is 0. The molecule has 1 aliphatic heterocycles. The van der Waals surface area contributed by atoms with Crippen molar-refractivity contribution >= 4 is 35.2 Å². The Balaban J connectivity index is 1.56. The van der Waals surface area contributed by atoms with E-state index >= 15 is 0 Å². The van der Waals surface area contributed by atoms with E-state index < -0.39 is 0 Å². The van der Waals surface area contributed by atoms with Crippen molar-refractivity contribution in [3.05, 3.63) is 65.2 Å². The van der Waals surface area contributed by atoms with Gasteiger partial charge < -0.3 is 21.7 Å². The summed E-state index contributed by atoms with van der Waals surface area (Å²) in [5.74, 6) is 0.535. The predicted octanol–water partition coefficient (Wildman–Crippen LogP) is 2.36. The van der Waals surface area contributed by atoms with Gasteiger partial charge in [-0.1, -0.05) is 41.9 Å². The molecule has 1 aliphatic rings. The van der Waals surface area contributed by atoms with Crippen LogP contribution in [0, 0.1) is 0 Å². The van der Waals surface area contributed by atoms with Crippen molar-refractivity contribution in [2.45, 2.75) is 42.3 Å². The molecule has 0 spiro atoms. The summed E-state index contributed by atoms with van der Waals surface area (Å²) in [7, 11) is 0. The molecule has 0 radical (unpaired) electrons. The summed E-state index contributed by atoms with van der Waals surface area (Å²) in [5.41, 5.74) is 6.61. The van der Waals surface area contributed by atoms with E-state index in [4.69, 9.17) is 17.3 Å². The number of thioether (sulfide) groups is 1. The van der Waals surface area contributed by atoms with Crippen LogP contribution >= 0.6 is 23.4 Å². The Kier molecular flexibility index (Phi) is 9.21. The molecule has 2 aromatic rings. The molecule has 2 amide bonds. The number of benzene rings is 2. The Morgan fingerprint density at radius 2 is 1.90 bits per heavy atom. The normalized spacial score (nSPS) is 19.0. The van der Waals surface area contributed by atoms with Crippen LogP contribution in [0.3, 0.4) is 0 Å². The lowest BCUT2D eigenvalue weighted by Gasteiger charge is -2.21. The van der Waals surface area contributed by atoms with Crippen LogP contribution in [0.1, 0.15) is 18.4 Å². The number of hydrogen-bond acceptors (Lipinski definition) is 5. The van der Waals surface area contributed by atoms with E-state index in [1.165, 1.54) is 5.56 Å². The largest absolute Gasteiger partial charge is 0.351 e. The van der Waals surface area contributed by atoms with Crippen LogP contribution in [0.15, 0.2) is 59.5 Å². The van der Waals surface area contributed by atoms with E-state index in [1.807, 2.05) is 42.5 Å². The molecule has 0 bridgehead atoms. The number of carbonyl (C=O) groups is 2. The monoisotopic (exact) mass is 460 g/mol. The summed E-state index contributed by atoms with van der Waals surface area (Å²) in [6.45, 7) is 0.523. The van der Waals surface area contributed by atoms with Gasteiger partial charge in [0.05, 0.1) is 12.6 Å². The Hall–Kier alpha value is -2.06. The molecule has 0 saturated carbocycles. The maximum absolute atomic E-state index is 12.9. The second kappa shape index (κ2) is 12.1. The van der Waals surface area contributed by atoms with Crippen LogP contribution in [0.5, 0.6) is 0 Å². The van der Waals surface area contributed by atoms with Gasteiger partial charge in [0.25, 0.3) is 0 Å². The standard InChI is InChI=1S/C23H29ClN4O2S/c24-17-7-10-20(11-8-17)31-15-18(9-6-16-4-2-1-3-5-16)28-23(30)21-12-19(14-26-21)27-22(29)13-25/h1-5,7-8,10-11,18-19,21,26H,6,9,12-15,25H2,(H,27,29)(H,28,30)/t18-,19-,21+/m1/s1. The lowest BCUT2D eigenvalue weighted by molar-refractivity contribution is -0.124. The summed E-state index contributed by atoms with van der Waals surface area (Å²) >= 11 is 7.68. The molecule has 1 heterocycles. The van der Waals surface area contributed by atoms with Gasteiger partial charge in [-0.15, -0.1) is 11.8 Å². The maximum atomic E-state index is 12.9. The fourth-order valence-corrected chi connectivity index (χ4v) is 4.64. The molecule has 8 heteroatoms. The summed E-state index contributed by atoms with van der Waals surface area (Å²) in [6.07, 6.45) is 2.30. The molecular weight excluding hydrogens is 432 g/mol. The first-order valence-corrected chi connectivity index (χ1v) is 11.9. The van der Waals surface area contributed by atoms with E-state index in [-0.39, 0.29) is 36.5 Å². The molecule has 6 nitrogen and oxygen atoms in total. The molecule has 3 rings (SSSR count). The van der Waals surface area contributed by atoms with Crippen molar-refractivity contribution in [1.29, 1.82) is 0 Å². The topological polar surface area (TPSA) is 96.2 Å². The highest BCUT2D eigenvalue weighted by Gasteiger charge is 2.31. The van der Waals surface area contributed by atoms with Gasteiger partial charge in [0.1, 0.15) is 0 Å². The highest BCUT2D eigenvalue weighted by molar-refractivity contribution is 7.99. The third-order valence-corrected chi connectivity index (χ3v) is 6.66. The predicted molar refractivity (Wildman–Crippen MR) is 126 cm³/mol. The SMILES string of the molecule is NCC(=O)N[C@H]1CN[C@H](C(=O)N[C@H](CCc2ccccc2)CSc2ccc(Cl)cc2)C1. The van der Waals surface area contributed by atoms with Crippen molar-refractivity contribution in [3.63, 3.8) is 0 Å². The molecular formula is C23H29ClN4O2S. The Labute approximate surface area is 192 Å². The number of aryl methyl sites for hydroxylation is 1. The zero-order valence-electron chi connectivity index (χ0n) is 17.4. The van der Waals surface area contributed by atoms with Crippen LogP contribution in [0.25, 0.3) is 0 Å². The van der Waals surface area contributed by atoms with Gasteiger partial charge in [0.2, 0.25) is 11.8 Å². The van der Waals surface area contributed by atoms with Crippen LogP contribution in [-0.2, 0) is 16.0 Å². The molecule has 3 atom stereocenters. The van der Waals surface area contributed by atoms with Crippen LogP contribution in [-0.4, -0.2) is 48.8 Å². The Morgan fingerprint density at radius 1 is 1.16 bits per heavy atom. The van der Waals surface area contributed by atoms with Crippen molar-refractivity contribution in [2.24, 2.45) is 5.73 Å². The minimum atomic E-state index is -0.317. The highest BCUT2D eigenvalue weighted by Crippen LogP contribution is 2.22. The third kappa shape index (κ3) is 7.85. The van der Waals surface area contributed by atoms with E-state index in [0.717, 1.165) is 23.5 Å². The van der Waals surface area contributed by atoms with Gasteiger partial charge in [0.15, 0.2) is 0 Å². The number of rotatable bonds is 10. The lowest BCUT2D eigenvalue weighted by Crippen LogP contribution is -2.46. The molecule has 0 aromatic heterocycles. The van der Waals surface area contributed by atoms with E-state index in [9.17, 15) is 9.59 Å². The van der Waals surface area contributed by atoms with Crippen molar-refractivity contribution in [3.8, 4) is 0 Å². The van der Waals surface area contributed by atoms with Crippen LogP contribution < -0.4 is 21.7 Å². The average molecular weight is 461 g/mol. The number of carbonyl (C=O) groups excluding carboxylic acids is 2. The van der Waals surface area contributed by atoms with Crippen LogP contribution in [0.2, 0.25) is 5.02 Å². The number of hydrogen-bond donors (Lipinski definition) is 4. The van der Waals surface area contributed by atoms with Crippen molar-refractivity contribution in [1.82, 2.24) is 16.0 Å². The number of halogens is 1. The minimum Gasteiger partial charge on any atom is -0.351 e. The second-order valence-corrected chi connectivity index (χ2v) is 9.19. The van der Waals surface area contributed by atoms with Crippen LogP contribution in [0.4, 0.5) is 0 Å². The molecule has 166 valence electrons. The molecule has 5 N–H and O–H groups in total. The lowest BCUT2D eigenvalue weighted by atomic mass is 10.1. The third-order valence-electron chi connectivity index (χ3n) is 5.23. The summed E-state index contributed by atoms with van der Waals surface area (Å²) in [5, 5.41) is 9.97. The first-order chi connectivity index (χ1) is 15.0. The Bertz CT molecular complexity index is 850. The number of amides is 2. The molecule has 0 unspecified atom stereocenters. The minimum absolute atomic E-state index is 0.0212. The zero-order chi connectivity index (χ0) is 22.1. The summed E-state index contributed by atoms with van der Waals surface area (Å²) in [6, 6.07) is 17.6. The smallest absolute Gasteiger partial charge is 0.237 e. The van der Waals surface area contributed by atoms with Gasteiger partial charge in [-0.2, -0.15) is 0 Å². The fourth-order valence-electron chi connectivity index (χ4n) is 3.54. The molecule has 1 fully saturated rings. The first kappa shape index (κ1) is 23.6. The van der Waals surface area contributed by atoms with Gasteiger partial charge in [-0.25, -0.2) is 0 Å². The quantitative estimate of drug-likeness (QED) is 0.408. The molecule has 31 heavy (non-hydrogen) atoms. The first-order valence-electron chi connectivity index (χ1n) is 10.5. The zero-order valence-corrected chi connectivity index (χ0v) is 18.9. The maximum Gasteiger partial charge on any atom is 0.237 e. The molecule has 1 saturated heterocycles. The second-order valence-electron chi connectivity index (χ2n) is 7.66. The van der Waals surface area contributed by atoms with Gasteiger partial charge >= 0.3 is 0 Å². The van der Waals surface area contributed by atoms with E-state index in [1.54, 1.807) is 11.8 Å². The number of nitrogens with one attached hydrogen (secondary N) is 3. The van der Waals surface area contributed by atoms with Gasteiger partial charge in [0, 0.05) is 34.3 Å². The average Bonchev–Trinajstić information content (AvgIpc) is 3.26. The summed E-state index contributed by atoms with van der Waals surface area (Å²) in [4.78, 5) is 25.5. The van der Waals surface area contributed by atoms with Gasteiger partial charge in [-0.3, -0.25) is 9.59 Å². The molecule has 2 aromatic carbocycles. The van der Waals surface area contributed by atoms with E-state index in [2.05, 4.69) is 28.1 Å². The van der Waals surface area contributed by atoms with Gasteiger partial charge in [-0.05, 0) is 49.1 Å². The van der Waals surface area contributed by atoms with Crippen molar-refractivity contribution < 1.29 is 9.59 Å². The highest BCUT2D eigenvalue weighted by atomic mass is 35.5. The van der Waals surface area contributed by atoms with Crippen molar-refractivity contribution in [2.75, 3.05) is 18.8 Å². The Morgan fingerprint density at radius 3 is 2.61 bits per heavy atom. The fraction of sp³-hybridized carbons (Fsp3) is 0.391. The number of nitrogens with two attached hydrogens (primary N) is 1. The molecule has 0 aliphatic carbocycles.